The van der Waals surface area contributed by atoms with Crippen molar-refractivity contribution in [1.29, 1.82) is 0 Å². The summed E-state index contributed by atoms with van der Waals surface area (Å²) in [5.41, 5.74) is 6.15. The number of hydrazine groups is 1. The smallest absolute Gasteiger partial charge is 0.272 e. The van der Waals surface area contributed by atoms with E-state index in [1.807, 2.05) is 6.07 Å². The van der Waals surface area contributed by atoms with Crippen molar-refractivity contribution in [1.82, 2.24) is 10.9 Å². The fourth-order valence-corrected chi connectivity index (χ4v) is 4.90. The van der Waals surface area contributed by atoms with Gasteiger partial charge in [0.05, 0.1) is 15.6 Å². The summed E-state index contributed by atoms with van der Waals surface area (Å²) in [4.78, 5) is 37.1. The number of hydrogen-bond donors (Lipinski definition) is 2. The molecule has 0 fully saturated rings. The second kappa shape index (κ2) is 9.20. The zero-order valence-electron chi connectivity index (χ0n) is 15.4. The lowest BCUT2D eigenvalue weighted by atomic mass is 9.87. The Morgan fingerprint density at radius 3 is 2.71 bits per heavy atom. The number of amides is 2. The highest BCUT2D eigenvalue weighted by molar-refractivity contribution is 8.00. The molecule has 28 heavy (non-hydrogen) atoms. The van der Waals surface area contributed by atoms with E-state index in [1.165, 1.54) is 52.1 Å². The maximum atomic E-state index is 12.3. The van der Waals surface area contributed by atoms with Crippen molar-refractivity contribution in [3.8, 4) is 0 Å². The number of hydrogen-bond acceptors (Lipinski definition) is 6. The molecule has 0 radical (unpaired) electrons. The molecule has 1 atom stereocenters. The summed E-state index contributed by atoms with van der Waals surface area (Å²) >= 11 is 2.74. The molecule has 2 aromatic rings. The normalized spacial score (nSPS) is 15.5. The van der Waals surface area contributed by atoms with Crippen molar-refractivity contribution in [2.75, 3.05) is 5.75 Å². The van der Waals surface area contributed by atoms with Crippen molar-refractivity contribution in [2.24, 2.45) is 5.92 Å². The minimum Gasteiger partial charge on any atom is -0.272 e. The molecule has 7 nitrogen and oxygen atoms in total. The van der Waals surface area contributed by atoms with Crippen LogP contribution < -0.4 is 10.9 Å². The molecule has 9 heteroatoms. The van der Waals surface area contributed by atoms with Crippen LogP contribution in [0.25, 0.3) is 0 Å². The van der Waals surface area contributed by atoms with Crippen LogP contribution in [0.15, 0.2) is 35.2 Å². The lowest BCUT2D eigenvalue weighted by Crippen LogP contribution is -2.42. The second-order valence-electron chi connectivity index (χ2n) is 6.62. The minimum absolute atomic E-state index is 0.00460. The summed E-state index contributed by atoms with van der Waals surface area (Å²) in [6.45, 7) is 2.19. The van der Waals surface area contributed by atoms with Crippen LogP contribution in [0.4, 0.5) is 5.69 Å². The van der Waals surface area contributed by atoms with Gasteiger partial charge in [0.2, 0.25) is 5.91 Å². The van der Waals surface area contributed by atoms with E-state index in [9.17, 15) is 19.7 Å². The predicted octanol–water partition coefficient (Wildman–Crippen LogP) is 3.72. The van der Waals surface area contributed by atoms with Crippen molar-refractivity contribution in [2.45, 2.75) is 37.5 Å². The Morgan fingerprint density at radius 2 is 2.04 bits per heavy atom. The average Bonchev–Trinajstić information content (AvgIpc) is 3.14. The number of thioether (sulfide) groups is 1. The molecule has 0 saturated heterocycles. The fourth-order valence-electron chi connectivity index (χ4n) is 3.10. The molecule has 1 aliphatic carbocycles. The molecule has 0 aliphatic heterocycles. The summed E-state index contributed by atoms with van der Waals surface area (Å²) in [6, 6.07) is 7.91. The van der Waals surface area contributed by atoms with Crippen LogP contribution in [-0.4, -0.2) is 22.5 Å². The minimum atomic E-state index is -0.471. The number of thiophene rings is 1. The Kier molecular flexibility index (Phi) is 6.69. The predicted molar refractivity (Wildman–Crippen MR) is 110 cm³/mol. The van der Waals surface area contributed by atoms with Gasteiger partial charge in [0.1, 0.15) is 0 Å². The third-order valence-electron chi connectivity index (χ3n) is 4.72. The van der Waals surface area contributed by atoms with E-state index in [0.29, 0.717) is 10.8 Å². The Labute approximate surface area is 171 Å². The third kappa shape index (κ3) is 5.11. The lowest BCUT2D eigenvalue weighted by molar-refractivity contribution is -0.384. The Morgan fingerprint density at radius 1 is 1.29 bits per heavy atom. The Bertz CT molecular complexity index is 880. The van der Waals surface area contributed by atoms with Crippen LogP contribution in [0.5, 0.6) is 0 Å². The maximum Gasteiger partial charge on any atom is 0.279 e. The first-order valence-corrected chi connectivity index (χ1v) is 10.8. The molecule has 148 valence electrons. The zero-order chi connectivity index (χ0) is 20.1. The third-order valence-corrected chi connectivity index (χ3v) is 6.97. The van der Waals surface area contributed by atoms with Crippen LogP contribution >= 0.6 is 23.1 Å². The highest BCUT2D eigenvalue weighted by atomic mass is 32.2. The molecule has 1 aromatic heterocycles. The summed E-state index contributed by atoms with van der Waals surface area (Å²) in [5, 5.41) is 10.6. The van der Waals surface area contributed by atoms with E-state index in [0.717, 1.165) is 24.2 Å². The van der Waals surface area contributed by atoms with E-state index < -0.39 is 4.92 Å². The zero-order valence-corrected chi connectivity index (χ0v) is 17.0. The highest BCUT2D eigenvalue weighted by Crippen LogP contribution is 2.33. The van der Waals surface area contributed by atoms with Gasteiger partial charge in [-0.25, -0.2) is 0 Å². The molecule has 0 bridgehead atoms. The SMILES string of the molecule is CC[C@H]1CCc2sc(C(=O)NNC(=O)CSc3ccc([N+](=O)[O-])cc3)cc2C1. The maximum absolute atomic E-state index is 12.3. The molecular weight excluding hydrogens is 398 g/mol. The Hall–Kier alpha value is -2.39. The number of benzene rings is 1. The van der Waals surface area contributed by atoms with Gasteiger partial charge in [0.25, 0.3) is 11.6 Å². The van der Waals surface area contributed by atoms with Gasteiger partial charge in [-0.2, -0.15) is 0 Å². The summed E-state index contributed by atoms with van der Waals surface area (Å²) in [7, 11) is 0. The van der Waals surface area contributed by atoms with E-state index in [4.69, 9.17) is 0 Å². The molecule has 2 amide bonds. The van der Waals surface area contributed by atoms with Crippen LogP contribution in [0, 0.1) is 16.0 Å². The van der Waals surface area contributed by atoms with E-state index in [2.05, 4.69) is 17.8 Å². The summed E-state index contributed by atoms with van der Waals surface area (Å²) in [5.74, 6) is 0.136. The van der Waals surface area contributed by atoms with Crippen LogP contribution in [0.3, 0.4) is 0 Å². The van der Waals surface area contributed by atoms with E-state index in [-0.39, 0.29) is 23.3 Å². The van der Waals surface area contributed by atoms with Gasteiger partial charge in [-0.15, -0.1) is 23.1 Å². The number of nitro groups is 1. The quantitative estimate of drug-likeness (QED) is 0.422. The number of aryl methyl sites for hydroxylation is 1. The average molecular weight is 420 g/mol. The number of nitrogens with zero attached hydrogens (tertiary/aromatic N) is 1. The van der Waals surface area contributed by atoms with Crippen LogP contribution in [0.2, 0.25) is 0 Å². The summed E-state index contributed by atoms with van der Waals surface area (Å²) in [6.07, 6.45) is 4.36. The number of nitrogens with one attached hydrogen (secondary N) is 2. The summed E-state index contributed by atoms with van der Waals surface area (Å²) < 4.78 is 0. The van der Waals surface area contributed by atoms with Gasteiger partial charge in [0, 0.05) is 21.9 Å². The van der Waals surface area contributed by atoms with Crippen molar-refractivity contribution >= 4 is 40.6 Å². The molecule has 1 aromatic carbocycles. The standard InChI is InChI=1S/C19H21N3O4S2/c1-2-12-3-8-16-13(9-12)10-17(28-16)19(24)21-20-18(23)11-27-15-6-4-14(5-7-15)22(25)26/h4-7,10,12H,2-3,8-9,11H2,1H3,(H,20,23)(H,21,24)/t12-/m0/s1. The molecule has 0 saturated carbocycles. The molecule has 0 spiro atoms. The van der Waals surface area contributed by atoms with Crippen molar-refractivity contribution < 1.29 is 14.5 Å². The van der Waals surface area contributed by atoms with E-state index >= 15 is 0 Å². The van der Waals surface area contributed by atoms with Gasteiger partial charge in [-0.05, 0) is 48.9 Å². The molecule has 2 N–H and O–H groups in total. The fraction of sp³-hybridized carbons (Fsp3) is 0.368. The topological polar surface area (TPSA) is 101 Å². The van der Waals surface area contributed by atoms with E-state index in [1.54, 1.807) is 12.1 Å². The second-order valence-corrected chi connectivity index (χ2v) is 8.80. The first-order valence-electron chi connectivity index (χ1n) is 9.04. The largest absolute Gasteiger partial charge is 0.279 e. The first-order chi connectivity index (χ1) is 13.5. The number of rotatable bonds is 6. The van der Waals surface area contributed by atoms with Gasteiger partial charge in [-0.1, -0.05) is 13.3 Å². The number of non-ortho nitro benzene ring substituents is 1. The highest BCUT2D eigenvalue weighted by Gasteiger charge is 2.22. The molecule has 1 aliphatic rings. The Balaban J connectivity index is 1.46. The number of carbonyl (C=O) groups excluding carboxylic acids is 2. The lowest BCUT2D eigenvalue weighted by Gasteiger charge is -2.19. The number of carbonyl (C=O) groups is 2. The van der Waals surface area contributed by atoms with Crippen LogP contribution in [-0.2, 0) is 17.6 Å². The van der Waals surface area contributed by atoms with Gasteiger partial charge >= 0.3 is 0 Å². The molecular formula is C19H21N3O4S2. The first kappa shape index (κ1) is 20.3. The van der Waals surface area contributed by atoms with Gasteiger partial charge < -0.3 is 0 Å². The molecule has 0 unspecified atom stereocenters. The number of nitro benzene ring substituents is 1. The van der Waals surface area contributed by atoms with Crippen LogP contribution in [0.1, 0.15) is 39.9 Å². The molecule has 3 rings (SSSR count). The van der Waals surface area contributed by atoms with Gasteiger partial charge in [-0.3, -0.25) is 30.6 Å². The monoisotopic (exact) mass is 419 g/mol. The molecule has 1 heterocycles. The number of fused-ring (bicyclic) bond motifs is 1. The van der Waals surface area contributed by atoms with Crippen molar-refractivity contribution in [3.63, 3.8) is 0 Å². The van der Waals surface area contributed by atoms with Crippen molar-refractivity contribution in [3.05, 3.63) is 55.8 Å². The van der Waals surface area contributed by atoms with Gasteiger partial charge in [0.15, 0.2) is 0 Å².